The summed E-state index contributed by atoms with van der Waals surface area (Å²) in [6.45, 7) is 6.96. The normalized spacial score (nSPS) is 23.7. The summed E-state index contributed by atoms with van der Waals surface area (Å²) in [6.07, 6.45) is 1.57. The summed E-state index contributed by atoms with van der Waals surface area (Å²) in [6, 6.07) is -0.846. The van der Waals surface area contributed by atoms with Gasteiger partial charge in [0.25, 0.3) is 5.91 Å². The van der Waals surface area contributed by atoms with Crippen LogP contribution < -0.4 is 11.1 Å². The molecule has 0 spiro atoms. The third-order valence-corrected chi connectivity index (χ3v) is 11.8. The molecule has 1 aliphatic carbocycles. The van der Waals surface area contributed by atoms with Crippen LogP contribution in [-0.4, -0.2) is 115 Å². The molecule has 2 aromatic rings. The third-order valence-electron chi connectivity index (χ3n) is 8.68. The maximum atomic E-state index is 13.6. The van der Waals surface area contributed by atoms with E-state index in [1.807, 2.05) is 19.0 Å². The monoisotopic (exact) mass is 737 g/mol. The second-order valence-corrected chi connectivity index (χ2v) is 15.9. The molecule has 0 aromatic carbocycles. The fourth-order valence-electron chi connectivity index (χ4n) is 6.07. The Balaban J connectivity index is 1.25. The molecule has 0 radical (unpaired) electrons. The quantitative estimate of drug-likeness (QED) is 0.124. The average molecular weight is 738 g/mol. The summed E-state index contributed by atoms with van der Waals surface area (Å²) in [5.74, 6) is -0.0164. The number of β-lactam (4-membered cyclic amide) rings is 1. The van der Waals surface area contributed by atoms with Crippen molar-refractivity contribution < 1.29 is 33.4 Å². The first-order valence-corrected chi connectivity index (χ1v) is 19.0. The molecule has 19 heteroatoms. The maximum Gasteiger partial charge on any atom is 0.511 e. The predicted octanol–water partition coefficient (Wildman–Crippen LogP) is 2.38. The number of rotatable bonds is 14. The third kappa shape index (κ3) is 9.23. The van der Waals surface area contributed by atoms with E-state index in [0.717, 1.165) is 25.8 Å². The highest BCUT2D eigenvalue weighted by Gasteiger charge is 2.54. The van der Waals surface area contributed by atoms with Gasteiger partial charge in [-0.15, -0.1) is 28.2 Å². The van der Waals surface area contributed by atoms with Gasteiger partial charge in [-0.05, 0) is 60.7 Å². The molecular formula is C30H43N9O7S3. The van der Waals surface area contributed by atoms with Crippen LogP contribution in [-0.2, 0) is 41.6 Å². The molecule has 2 aromatic heterocycles. The number of thiazole rings is 1. The molecular weight excluding hydrogens is 695 g/mol. The van der Waals surface area contributed by atoms with Crippen molar-refractivity contribution in [3.63, 3.8) is 0 Å². The number of hydrogen-bond acceptors (Lipinski definition) is 16. The van der Waals surface area contributed by atoms with Gasteiger partial charge in [0.05, 0.1) is 18.7 Å². The van der Waals surface area contributed by atoms with Gasteiger partial charge in [0.15, 0.2) is 5.13 Å². The summed E-state index contributed by atoms with van der Waals surface area (Å²) in [4.78, 5) is 59.9. The first kappa shape index (κ1) is 36.9. The second-order valence-electron chi connectivity index (χ2n) is 13.0. The summed E-state index contributed by atoms with van der Waals surface area (Å²) in [5, 5.41) is 16.8. The van der Waals surface area contributed by atoms with E-state index >= 15 is 0 Å². The molecule has 5 atom stereocenters. The van der Waals surface area contributed by atoms with Crippen LogP contribution >= 0.6 is 34.9 Å². The fourth-order valence-corrected chi connectivity index (χ4v) is 9.02. The zero-order chi connectivity index (χ0) is 35.2. The first-order chi connectivity index (χ1) is 23.4. The van der Waals surface area contributed by atoms with E-state index < -0.39 is 36.2 Å². The Morgan fingerprint density at radius 3 is 2.73 bits per heavy atom. The largest absolute Gasteiger partial charge is 0.511 e. The number of carbonyl (C=O) groups is 4. The van der Waals surface area contributed by atoms with Crippen LogP contribution in [0.2, 0.25) is 0 Å². The van der Waals surface area contributed by atoms with Gasteiger partial charge in [0.1, 0.15) is 23.2 Å². The number of esters is 1. The number of anilines is 1. The van der Waals surface area contributed by atoms with Crippen LogP contribution in [0.5, 0.6) is 0 Å². The fraction of sp³-hybridized carbons (Fsp3) is 0.667. The van der Waals surface area contributed by atoms with Crippen LogP contribution in [0.15, 0.2) is 21.8 Å². The molecule has 1 saturated heterocycles. The minimum absolute atomic E-state index is 0.0326. The number of nitrogens with one attached hydrogen (secondary N) is 1. The Bertz CT molecular complexity index is 1550. The van der Waals surface area contributed by atoms with Gasteiger partial charge < -0.3 is 30.2 Å². The molecule has 5 rings (SSSR count). The Morgan fingerprint density at radius 2 is 2.02 bits per heavy atom. The van der Waals surface area contributed by atoms with Gasteiger partial charge in [0.2, 0.25) is 17.9 Å². The average Bonchev–Trinajstić information content (AvgIpc) is 3.68. The smallest absolute Gasteiger partial charge is 0.431 e. The van der Waals surface area contributed by atoms with E-state index in [4.69, 9.17) is 19.9 Å². The van der Waals surface area contributed by atoms with E-state index in [-0.39, 0.29) is 35.8 Å². The number of nitrogen functional groups attached to an aromatic ring is 1. The number of amides is 2. The Morgan fingerprint density at radius 1 is 1.22 bits per heavy atom. The lowest BCUT2D eigenvalue weighted by Gasteiger charge is -2.49. The van der Waals surface area contributed by atoms with Crippen molar-refractivity contribution in [3.8, 4) is 0 Å². The van der Waals surface area contributed by atoms with Crippen molar-refractivity contribution in [3.05, 3.63) is 22.3 Å². The summed E-state index contributed by atoms with van der Waals surface area (Å²) in [5.41, 5.74) is 6.85. The highest BCUT2D eigenvalue weighted by Crippen LogP contribution is 2.42. The number of fused-ring (bicyclic) bond motifs is 1. The van der Waals surface area contributed by atoms with Crippen molar-refractivity contribution in [2.45, 2.75) is 75.7 Å². The number of aromatic nitrogens is 5. The number of ether oxygens (including phenoxy) is 3. The standard InChI is InChI=1S/C30H43N9O7S3/c1-16(2)20-7-6-17(3)10-21(20)46-30(43)45-15-44-27(42)24-18(13-49-29-34-35-36-38(29)9-8-37(4)5)12-47-26-23(25(41)39(24)26)33-22(40)11-19-14-48-28(31)32-19/h14,16-17,20-21,23,26H,6-13,15H2,1-5H3,(H2,31,32)(H,33,40)/t17?,20?,21?,23-,26-/m1/s1. The van der Waals surface area contributed by atoms with Crippen molar-refractivity contribution in [1.29, 1.82) is 0 Å². The highest BCUT2D eigenvalue weighted by atomic mass is 32.2. The number of thioether (sulfide) groups is 2. The van der Waals surface area contributed by atoms with Crippen molar-refractivity contribution in [2.24, 2.45) is 17.8 Å². The van der Waals surface area contributed by atoms with E-state index in [2.05, 4.69) is 46.6 Å². The van der Waals surface area contributed by atoms with Crippen LogP contribution in [0.1, 0.15) is 45.7 Å². The minimum atomic E-state index is -0.909. The van der Waals surface area contributed by atoms with Crippen LogP contribution in [0.4, 0.5) is 9.93 Å². The van der Waals surface area contributed by atoms with Crippen molar-refractivity contribution in [2.75, 3.05) is 44.7 Å². The molecule has 3 unspecified atom stereocenters. The molecule has 1 saturated carbocycles. The molecule has 3 aliphatic rings. The van der Waals surface area contributed by atoms with Gasteiger partial charge >= 0.3 is 12.1 Å². The van der Waals surface area contributed by atoms with Gasteiger partial charge in [-0.2, -0.15) is 0 Å². The zero-order valence-corrected chi connectivity index (χ0v) is 30.6. The van der Waals surface area contributed by atoms with Crippen LogP contribution in [0.25, 0.3) is 0 Å². The lowest BCUT2D eigenvalue weighted by atomic mass is 9.75. The van der Waals surface area contributed by atoms with Crippen LogP contribution in [0.3, 0.4) is 0 Å². The highest BCUT2D eigenvalue weighted by molar-refractivity contribution is 8.01. The predicted molar refractivity (Wildman–Crippen MR) is 183 cm³/mol. The van der Waals surface area contributed by atoms with E-state index in [1.54, 1.807) is 10.1 Å². The maximum absolute atomic E-state index is 13.6. The van der Waals surface area contributed by atoms with Crippen molar-refractivity contribution in [1.82, 2.24) is 40.3 Å². The number of hydrogen-bond donors (Lipinski definition) is 2. The number of likely N-dealkylation sites (N-methyl/N-ethyl adjacent to an activating group) is 1. The number of nitrogens with zero attached hydrogens (tertiary/aromatic N) is 7. The molecule has 268 valence electrons. The molecule has 3 N–H and O–H groups in total. The molecule has 4 heterocycles. The second kappa shape index (κ2) is 16.5. The van der Waals surface area contributed by atoms with Gasteiger partial charge in [-0.3, -0.25) is 14.5 Å². The number of tetrazole rings is 1. The molecule has 2 aliphatic heterocycles. The topological polar surface area (TPSA) is 197 Å². The number of carbonyl (C=O) groups excluding carboxylic acids is 4. The number of nitrogens with two attached hydrogens (primary N) is 1. The summed E-state index contributed by atoms with van der Waals surface area (Å²) < 4.78 is 17.9. The van der Waals surface area contributed by atoms with Crippen molar-refractivity contribution >= 4 is 63.9 Å². The SMILES string of the molecule is CC1CCC(C(C)C)C(OC(=O)OCOC(=O)C2=C(CSc3nnnn3CCN(C)C)CS[C@@H]3[C@H](NC(=O)Cc4csc(N)n4)C(=O)N23)C1. The summed E-state index contributed by atoms with van der Waals surface area (Å²) in [7, 11) is 3.90. The van der Waals surface area contributed by atoms with E-state index in [1.165, 1.54) is 39.8 Å². The minimum Gasteiger partial charge on any atom is -0.431 e. The summed E-state index contributed by atoms with van der Waals surface area (Å²) >= 11 is 3.97. The van der Waals surface area contributed by atoms with Gasteiger partial charge in [0, 0.05) is 23.4 Å². The van der Waals surface area contributed by atoms with Gasteiger partial charge in [-0.1, -0.05) is 39.0 Å². The zero-order valence-electron chi connectivity index (χ0n) is 28.2. The van der Waals surface area contributed by atoms with E-state index in [9.17, 15) is 19.2 Å². The Kier molecular flexibility index (Phi) is 12.4. The lowest BCUT2D eigenvalue weighted by Crippen LogP contribution is -2.70. The molecule has 49 heavy (non-hydrogen) atoms. The Hall–Kier alpha value is -3.42. The van der Waals surface area contributed by atoms with Gasteiger partial charge in [-0.25, -0.2) is 19.3 Å². The molecule has 2 amide bonds. The molecule has 16 nitrogen and oxygen atoms in total. The van der Waals surface area contributed by atoms with Crippen LogP contribution in [0, 0.1) is 17.8 Å². The lowest BCUT2D eigenvalue weighted by molar-refractivity contribution is -0.158. The molecule has 2 fully saturated rings. The first-order valence-electron chi connectivity index (χ1n) is 16.1. The molecule has 0 bridgehead atoms. The Labute approximate surface area is 297 Å². The van der Waals surface area contributed by atoms with E-state index in [0.29, 0.717) is 45.7 Å².